The number of hydrogen-bond donors (Lipinski definition) is 1. The van der Waals surface area contributed by atoms with E-state index in [0.29, 0.717) is 11.5 Å². The molecule has 1 N–H and O–H groups in total. The Kier molecular flexibility index (Phi) is 4.27. The van der Waals surface area contributed by atoms with Crippen molar-refractivity contribution in [1.82, 2.24) is 5.43 Å². The molecule has 2 aliphatic carbocycles. The van der Waals surface area contributed by atoms with Gasteiger partial charge in [0, 0.05) is 36.0 Å². The highest BCUT2D eigenvalue weighted by atomic mass is 16.2. The molecule has 0 unspecified atom stereocenters. The van der Waals surface area contributed by atoms with Crippen LogP contribution in [-0.2, 0) is 0 Å². The summed E-state index contributed by atoms with van der Waals surface area (Å²) >= 11 is 0. The normalized spacial score (nSPS) is 24.0. The second-order valence-electron chi connectivity index (χ2n) is 5.92. The fraction of sp³-hybridized carbons (Fsp3) is 0.444. The summed E-state index contributed by atoms with van der Waals surface area (Å²) in [5.74, 6) is 1.05. The summed E-state index contributed by atoms with van der Waals surface area (Å²) < 4.78 is 0. The molecular formula is C18H23N3O. The van der Waals surface area contributed by atoms with Crippen molar-refractivity contribution in [1.29, 1.82) is 0 Å². The molecular weight excluding hydrogens is 274 g/mol. The van der Waals surface area contributed by atoms with Crippen LogP contribution in [-0.4, -0.2) is 24.7 Å². The number of nitrogens with zero attached hydrogens (tertiary/aromatic N) is 2. The number of carbonyl (C=O) groups excluding carboxylic acids is 1. The molecule has 0 aliphatic heterocycles. The zero-order valence-electron chi connectivity index (χ0n) is 13.2. The molecule has 1 aromatic rings. The van der Waals surface area contributed by atoms with Crippen LogP contribution in [0.5, 0.6) is 0 Å². The number of hydrogen-bond acceptors (Lipinski definition) is 3. The lowest BCUT2D eigenvalue weighted by Gasteiger charge is -2.31. The van der Waals surface area contributed by atoms with Gasteiger partial charge in [0.1, 0.15) is 0 Å². The number of nitrogens with one attached hydrogen (secondary N) is 1. The number of carbonyl (C=O) groups is 1. The Morgan fingerprint density at radius 2 is 2.00 bits per heavy atom. The minimum Gasteiger partial charge on any atom is -0.372 e. The molecule has 0 bridgehead atoms. The highest BCUT2D eigenvalue weighted by Gasteiger charge is 2.37. The fourth-order valence-corrected chi connectivity index (χ4v) is 3.26. The molecule has 2 aliphatic rings. The van der Waals surface area contributed by atoms with E-state index in [0.717, 1.165) is 43.2 Å². The Hall–Kier alpha value is -2.10. The first-order valence-electron chi connectivity index (χ1n) is 8.11. The van der Waals surface area contributed by atoms with Gasteiger partial charge in [0.25, 0.3) is 5.91 Å². The average Bonchev–Trinajstić information content (AvgIpc) is 2.90. The molecule has 22 heavy (non-hydrogen) atoms. The molecule has 0 heterocycles. The van der Waals surface area contributed by atoms with Gasteiger partial charge in [-0.25, -0.2) is 5.43 Å². The molecule has 116 valence electrons. The third kappa shape index (κ3) is 2.78. The molecule has 1 saturated carbocycles. The number of anilines is 1. The summed E-state index contributed by atoms with van der Waals surface area (Å²) in [7, 11) is 0. The summed E-state index contributed by atoms with van der Waals surface area (Å²) in [6, 6.07) is 7.72. The topological polar surface area (TPSA) is 44.7 Å². The van der Waals surface area contributed by atoms with E-state index in [9.17, 15) is 4.79 Å². The SMILES string of the molecule is CCN(CC)c1ccc(C(=O)N/N=C2/C[C@H]3CC=C[C@@H]23)cc1. The quantitative estimate of drug-likeness (QED) is 0.670. The van der Waals surface area contributed by atoms with Crippen LogP contribution >= 0.6 is 0 Å². The Morgan fingerprint density at radius 1 is 1.27 bits per heavy atom. The lowest BCUT2D eigenvalue weighted by atomic mass is 9.74. The number of benzene rings is 1. The zero-order valence-corrected chi connectivity index (χ0v) is 13.2. The number of hydrazone groups is 1. The van der Waals surface area contributed by atoms with Gasteiger partial charge in [0.2, 0.25) is 0 Å². The van der Waals surface area contributed by atoms with Gasteiger partial charge in [-0.1, -0.05) is 12.2 Å². The van der Waals surface area contributed by atoms with E-state index in [-0.39, 0.29) is 5.91 Å². The van der Waals surface area contributed by atoms with Crippen molar-refractivity contribution in [3.05, 3.63) is 42.0 Å². The molecule has 0 spiro atoms. The van der Waals surface area contributed by atoms with Gasteiger partial charge >= 0.3 is 0 Å². The fourth-order valence-electron chi connectivity index (χ4n) is 3.26. The zero-order chi connectivity index (χ0) is 15.5. The van der Waals surface area contributed by atoms with Gasteiger partial charge in [-0.3, -0.25) is 4.79 Å². The van der Waals surface area contributed by atoms with E-state index in [1.165, 1.54) is 0 Å². The third-order valence-corrected chi connectivity index (χ3v) is 4.71. The van der Waals surface area contributed by atoms with Crippen LogP contribution in [0.25, 0.3) is 0 Å². The number of allylic oxidation sites excluding steroid dienone is 2. The Labute approximate surface area is 131 Å². The van der Waals surface area contributed by atoms with Crippen LogP contribution in [0.3, 0.4) is 0 Å². The molecule has 0 radical (unpaired) electrons. The second-order valence-corrected chi connectivity index (χ2v) is 5.92. The molecule has 4 nitrogen and oxygen atoms in total. The summed E-state index contributed by atoms with van der Waals surface area (Å²) in [6.07, 6.45) is 6.59. The minimum atomic E-state index is -0.135. The highest BCUT2D eigenvalue weighted by molar-refractivity contribution is 5.98. The van der Waals surface area contributed by atoms with Crippen molar-refractivity contribution in [2.75, 3.05) is 18.0 Å². The molecule has 1 amide bonds. The largest absolute Gasteiger partial charge is 0.372 e. The molecule has 1 fully saturated rings. The summed E-state index contributed by atoms with van der Waals surface area (Å²) in [4.78, 5) is 14.4. The van der Waals surface area contributed by atoms with Crippen LogP contribution < -0.4 is 10.3 Å². The standard InChI is InChI=1S/C18H23N3O/c1-3-21(4-2)15-10-8-13(9-11-15)18(22)20-19-17-12-14-6-5-7-16(14)17/h5,7-11,14,16H,3-4,6,12H2,1-2H3,(H,20,22)/b19-17-/t14-,16-/m1/s1. The van der Waals surface area contributed by atoms with Gasteiger partial charge in [0.15, 0.2) is 0 Å². The second kappa shape index (κ2) is 6.34. The summed E-state index contributed by atoms with van der Waals surface area (Å²) in [5, 5.41) is 4.29. The van der Waals surface area contributed by atoms with Crippen molar-refractivity contribution in [2.24, 2.45) is 16.9 Å². The van der Waals surface area contributed by atoms with Crippen LogP contribution in [0.1, 0.15) is 37.0 Å². The molecule has 1 aromatic carbocycles. The monoisotopic (exact) mass is 297 g/mol. The molecule has 3 rings (SSSR count). The Morgan fingerprint density at radius 3 is 2.64 bits per heavy atom. The van der Waals surface area contributed by atoms with Crippen molar-refractivity contribution in [2.45, 2.75) is 26.7 Å². The van der Waals surface area contributed by atoms with Gasteiger partial charge in [-0.15, -0.1) is 0 Å². The van der Waals surface area contributed by atoms with E-state index >= 15 is 0 Å². The van der Waals surface area contributed by atoms with E-state index in [1.54, 1.807) is 0 Å². The maximum Gasteiger partial charge on any atom is 0.271 e. The minimum absolute atomic E-state index is 0.135. The smallest absolute Gasteiger partial charge is 0.271 e. The summed E-state index contributed by atoms with van der Waals surface area (Å²) in [6.45, 7) is 6.19. The molecule has 0 saturated heterocycles. The number of fused-ring (bicyclic) bond motifs is 1. The Bertz CT molecular complexity index is 599. The van der Waals surface area contributed by atoms with Crippen LogP contribution in [0.2, 0.25) is 0 Å². The maximum atomic E-state index is 12.2. The predicted octanol–water partition coefficient (Wildman–Crippen LogP) is 3.21. The predicted molar refractivity (Wildman–Crippen MR) is 90.3 cm³/mol. The van der Waals surface area contributed by atoms with E-state index in [1.807, 2.05) is 24.3 Å². The molecule has 4 heteroatoms. The van der Waals surface area contributed by atoms with Crippen LogP contribution in [0, 0.1) is 11.8 Å². The maximum absolute atomic E-state index is 12.2. The van der Waals surface area contributed by atoms with Crippen LogP contribution in [0.4, 0.5) is 5.69 Å². The lowest BCUT2D eigenvalue weighted by molar-refractivity contribution is 0.0954. The summed E-state index contributed by atoms with van der Waals surface area (Å²) in [5.41, 5.74) is 5.59. The van der Waals surface area contributed by atoms with Gasteiger partial charge in [-0.05, 0) is 56.9 Å². The molecule has 0 aromatic heterocycles. The van der Waals surface area contributed by atoms with Gasteiger partial charge < -0.3 is 4.90 Å². The van der Waals surface area contributed by atoms with E-state index < -0.39 is 0 Å². The molecule has 2 atom stereocenters. The third-order valence-electron chi connectivity index (χ3n) is 4.71. The average molecular weight is 297 g/mol. The van der Waals surface area contributed by atoms with Gasteiger partial charge in [0.05, 0.1) is 0 Å². The van der Waals surface area contributed by atoms with Gasteiger partial charge in [-0.2, -0.15) is 5.10 Å². The van der Waals surface area contributed by atoms with Crippen molar-refractivity contribution >= 4 is 17.3 Å². The van der Waals surface area contributed by atoms with Crippen molar-refractivity contribution in [3.8, 4) is 0 Å². The highest BCUT2D eigenvalue weighted by Crippen LogP contribution is 2.40. The first-order chi connectivity index (χ1) is 10.7. The first kappa shape index (κ1) is 14.8. The number of amides is 1. The number of rotatable bonds is 5. The van der Waals surface area contributed by atoms with E-state index in [2.05, 4.69) is 41.4 Å². The first-order valence-corrected chi connectivity index (χ1v) is 8.11. The lowest BCUT2D eigenvalue weighted by Crippen LogP contribution is -2.35. The van der Waals surface area contributed by atoms with Crippen molar-refractivity contribution in [3.63, 3.8) is 0 Å². The van der Waals surface area contributed by atoms with Crippen molar-refractivity contribution < 1.29 is 4.79 Å². The van der Waals surface area contributed by atoms with E-state index in [4.69, 9.17) is 0 Å². The Balaban J connectivity index is 1.61. The van der Waals surface area contributed by atoms with Crippen LogP contribution in [0.15, 0.2) is 41.5 Å².